The summed E-state index contributed by atoms with van der Waals surface area (Å²) in [6.45, 7) is 1.82. The predicted octanol–water partition coefficient (Wildman–Crippen LogP) is 1.09. The maximum Gasteiger partial charge on any atom is 0.247 e. The van der Waals surface area contributed by atoms with Crippen molar-refractivity contribution in [1.82, 2.24) is 0 Å². The Kier molecular flexibility index (Phi) is 3.40. The second-order valence-corrected chi connectivity index (χ2v) is 5.47. The molecule has 1 saturated heterocycles. The number of ether oxygens (including phenoxy) is 2. The summed E-state index contributed by atoms with van der Waals surface area (Å²) in [5, 5.41) is 0. The van der Waals surface area contributed by atoms with Crippen molar-refractivity contribution in [3.63, 3.8) is 0 Å². The van der Waals surface area contributed by atoms with Crippen molar-refractivity contribution in [3.05, 3.63) is 23.8 Å². The lowest BCUT2D eigenvalue weighted by atomic mass is 9.89. The Morgan fingerprint density at radius 1 is 1.40 bits per heavy atom. The molecule has 1 fully saturated rings. The highest BCUT2D eigenvalue weighted by atomic mass is 16.5. The molecule has 2 aliphatic heterocycles. The average molecular weight is 276 g/mol. The average Bonchev–Trinajstić information content (AvgIpc) is 2.89. The first-order valence-electron chi connectivity index (χ1n) is 6.99. The van der Waals surface area contributed by atoms with Crippen LogP contribution < -0.4 is 15.4 Å². The van der Waals surface area contributed by atoms with E-state index in [0.717, 1.165) is 23.4 Å². The van der Waals surface area contributed by atoms with Gasteiger partial charge in [0, 0.05) is 25.4 Å². The minimum absolute atomic E-state index is 0.0183. The van der Waals surface area contributed by atoms with Crippen LogP contribution >= 0.6 is 0 Å². The van der Waals surface area contributed by atoms with Crippen LogP contribution in [0.3, 0.4) is 0 Å². The number of carbonyl (C=O) groups excluding carboxylic acids is 1. The lowest BCUT2D eigenvalue weighted by Gasteiger charge is -2.35. The zero-order valence-corrected chi connectivity index (χ0v) is 11.7. The minimum atomic E-state index is -0.778. The highest BCUT2D eigenvalue weighted by Crippen LogP contribution is 2.34. The summed E-state index contributed by atoms with van der Waals surface area (Å²) >= 11 is 0. The van der Waals surface area contributed by atoms with Gasteiger partial charge in [-0.3, -0.25) is 4.79 Å². The van der Waals surface area contributed by atoms with Crippen LogP contribution in [0.4, 0.5) is 5.69 Å². The molecule has 0 aromatic heterocycles. The maximum absolute atomic E-state index is 12.8. The van der Waals surface area contributed by atoms with Gasteiger partial charge in [0.1, 0.15) is 11.3 Å². The number of hydrogen-bond donors (Lipinski definition) is 1. The molecule has 5 heteroatoms. The van der Waals surface area contributed by atoms with Gasteiger partial charge in [-0.05, 0) is 43.0 Å². The number of nitrogens with two attached hydrogens (primary N) is 1. The van der Waals surface area contributed by atoms with Gasteiger partial charge in [-0.25, -0.2) is 0 Å². The molecule has 0 unspecified atom stereocenters. The van der Waals surface area contributed by atoms with Crippen LogP contribution in [0.2, 0.25) is 0 Å². The van der Waals surface area contributed by atoms with Gasteiger partial charge < -0.3 is 20.1 Å². The molecule has 2 N–H and O–H groups in total. The van der Waals surface area contributed by atoms with Crippen molar-refractivity contribution in [2.75, 3.05) is 31.8 Å². The summed E-state index contributed by atoms with van der Waals surface area (Å²) in [5.41, 5.74) is 7.63. The Labute approximate surface area is 118 Å². The number of amides is 1. The fourth-order valence-electron chi connectivity index (χ4n) is 2.93. The molecule has 2 aliphatic rings. The SMILES string of the molecule is COc1ccc2c(c1)CCN2C(=O)C1(N)CCOCC1. The van der Waals surface area contributed by atoms with Crippen molar-refractivity contribution in [1.29, 1.82) is 0 Å². The van der Waals surface area contributed by atoms with E-state index in [2.05, 4.69) is 0 Å². The normalized spacial score (nSPS) is 20.6. The van der Waals surface area contributed by atoms with Crippen LogP contribution in [-0.4, -0.2) is 38.3 Å². The van der Waals surface area contributed by atoms with E-state index in [1.54, 1.807) is 7.11 Å². The molecule has 0 radical (unpaired) electrons. The first-order valence-corrected chi connectivity index (χ1v) is 6.99. The quantitative estimate of drug-likeness (QED) is 0.878. The summed E-state index contributed by atoms with van der Waals surface area (Å²) < 4.78 is 10.5. The fourth-order valence-corrected chi connectivity index (χ4v) is 2.93. The standard InChI is InChI=1S/C15H20N2O3/c1-19-12-2-3-13-11(10-12)4-7-17(13)14(18)15(16)5-8-20-9-6-15/h2-3,10H,4-9,16H2,1H3. The number of carbonyl (C=O) groups is 1. The molecule has 0 atom stereocenters. The Hall–Kier alpha value is -1.59. The lowest BCUT2D eigenvalue weighted by Crippen LogP contribution is -2.58. The van der Waals surface area contributed by atoms with Crippen molar-refractivity contribution < 1.29 is 14.3 Å². The number of fused-ring (bicyclic) bond motifs is 1. The van der Waals surface area contributed by atoms with Gasteiger partial charge >= 0.3 is 0 Å². The minimum Gasteiger partial charge on any atom is -0.497 e. The molecular weight excluding hydrogens is 256 g/mol. The Bertz CT molecular complexity index is 524. The number of nitrogens with zero attached hydrogens (tertiary/aromatic N) is 1. The first-order chi connectivity index (χ1) is 9.64. The first kappa shape index (κ1) is 13.4. The summed E-state index contributed by atoms with van der Waals surface area (Å²) in [7, 11) is 1.65. The van der Waals surface area contributed by atoms with E-state index >= 15 is 0 Å². The van der Waals surface area contributed by atoms with Gasteiger partial charge in [0.05, 0.1) is 7.11 Å². The molecule has 108 valence electrons. The second-order valence-electron chi connectivity index (χ2n) is 5.47. The van der Waals surface area contributed by atoms with E-state index in [0.29, 0.717) is 32.6 Å². The third-order valence-corrected chi connectivity index (χ3v) is 4.24. The van der Waals surface area contributed by atoms with Crippen LogP contribution in [-0.2, 0) is 16.0 Å². The fraction of sp³-hybridized carbons (Fsp3) is 0.533. The summed E-state index contributed by atoms with van der Waals surface area (Å²) in [5.74, 6) is 0.844. The van der Waals surface area contributed by atoms with E-state index in [-0.39, 0.29) is 5.91 Å². The molecular formula is C15H20N2O3. The van der Waals surface area contributed by atoms with E-state index in [1.165, 1.54) is 0 Å². The Morgan fingerprint density at radius 3 is 2.85 bits per heavy atom. The van der Waals surface area contributed by atoms with Crippen molar-refractivity contribution in [2.45, 2.75) is 24.8 Å². The molecule has 3 rings (SSSR count). The molecule has 2 heterocycles. The van der Waals surface area contributed by atoms with E-state index < -0.39 is 5.54 Å². The third kappa shape index (κ3) is 2.17. The molecule has 0 bridgehead atoms. The zero-order chi connectivity index (χ0) is 14.2. The van der Waals surface area contributed by atoms with Gasteiger partial charge in [-0.2, -0.15) is 0 Å². The second kappa shape index (κ2) is 5.07. The number of benzene rings is 1. The number of rotatable bonds is 2. The van der Waals surface area contributed by atoms with Crippen LogP contribution in [0, 0.1) is 0 Å². The van der Waals surface area contributed by atoms with Crippen molar-refractivity contribution >= 4 is 11.6 Å². The van der Waals surface area contributed by atoms with E-state index in [4.69, 9.17) is 15.2 Å². The highest BCUT2D eigenvalue weighted by Gasteiger charge is 2.41. The van der Waals surface area contributed by atoms with Crippen LogP contribution in [0.1, 0.15) is 18.4 Å². The maximum atomic E-state index is 12.8. The number of methoxy groups -OCH3 is 1. The van der Waals surface area contributed by atoms with Crippen LogP contribution in [0.5, 0.6) is 5.75 Å². The molecule has 1 amide bonds. The van der Waals surface area contributed by atoms with Crippen LogP contribution in [0.25, 0.3) is 0 Å². The lowest BCUT2D eigenvalue weighted by molar-refractivity contribution is -0.126. The van der Waals surface area contributed by atoms with Gasteiger partial charge in [0.15, 0.2) is 0 Å². The molecule has 0 spiro atoms. The monoisotopic (exact) mass is 276 g/mol. The largest absolute Gasteiger partial charge is 0.497 e. The van der Waals surface area contributed by atoms with Crippen molar-refractivity contribution in [3.8, 4) is 5.75 Å². The van der Waals surface area contributed by atoms with Gasteiger partial charge in [-0.15, -0.1) is 0 Å². The third-order valence-electron chi connectivity index (χ3n) is 4.24. The molecule has 0 aliphatic carbocycles. The molecule has 5 nitrogen and oxygen atoms in total. The van der Waals surface area contributed by atoms with E-state index in [1.807, 2.05) is 23.1 Å². The summed E-state index contributed by atoms with van der Waals surface area (Å²) in [6.07, 6.45) is 2.03. The van der Waals surface area contributed by atoms with Crippen molar-refractivity contribution in [2.24, 2.45) is 5.73 Å². The Balaban J connectivity index is 1.85. The topological polar surface area (TPSA) is 64.8 Å². The van der Waals surface area contributed by atoms with E-state index in [9.17, 15) is 4.79 Å². The number of hydrogen-bond acceptors (Lipinski definition) is 4. The molecule has 1 aromatic rings. The van der Waals surface area contributed by atoms with Gasteiger partial charge in [0.2, 0.25) is 5.91 Å². The molecule has 20 heavy (non-hydrogen) atoms. The predicted molar refractivity (Wildman–Crippen MR) is 76.0 cm³/mol. The number of anilines is 1. The molecule has 0 saturated carbocycles. The smallest absolute Gasteiger partial charge is 0.247 e. The summed E-state index contributed by atoms with van der Waals surface area (Å²) in [4.78, 5) is 14.6. The summed E-state index contributed by atoms with van der Waals surface area (Å²) in [6, 6.07) is 5.83. The van der Waals surface area contributed by atoms with Gasteiger partial charge in [0.25, 0.3) is 0 Å². The van der Waals surface area contributed by atoms with Crippen LogP contribution in [0.15, 0.2) is 18.2 Å². The highest BCUT2D eigenvalue weighted by molar-refractivity contribution is 6.01. The zero-order valence-electron chi connectivity index (χ0n) is 11.7. The Morgan fingerprint density at radius 2 is 2.15 bits per heavy atom. The van der Waals surface area contributed by atoms with Gasteiger partial charge in [-0.1, -0.05) is 0 Å². The molecule has 1 aromatic carbocycles.